The van der Waals surface area contributed by atoms with E-state index >= 15 is 0 Å². The van der Waals surface area contributed by atoms with Gasteiger partial charge < -0.3 is 15.0 Å². The number of rotatable bonds is 5. The van der Waals surface area contributed by atoms with Crippen LogP contribution >= 0.6 is 0 Å². The molecule has 2 saturated carbocycles. The standard InChI is InChI=1S/C16H27N3O2/c1-3-20-16(9-5-12(2)6-10-16)14-18-13(21-19-14)11-15(17)7-4-8-15/h12H,3-11,17H2,1-2H3. The molecule has 118 valence electrons. The lowest BCUT2D eigenvalue weighted by atomic mass is 9.75. The number of ether oxygens (including phenoxy) is 1. The van der Waals surface area contributed by atoms with Crippen molar-refractivity contribution in [1.29, 1.82) is 0 Å². The van der Waals surface area contributed by atoms with Crippen molar-refractivity contribution in [3.8, 4) is 0 Å². The van der Waals surface area contributed by atoms with Crippen molar-refractivity contribution in [2.24, 2.45) is 11.7 Å². The third-order valence-electron chi connectivity index (χ3n) is 5.23. The van der Waals surface area contributed by atoms with Crippen molar-refractivity contribution in [1.82, 2.24) is 10.1 Å². The first-order valence-corrected chi connectivity index (χ1v) is 8.31. The molecule has 0 radical (unpaired) electrons. The summed E-state index contributed by atoms with van der Waals surface area (Å²) in [6, 6.07) is 0. The Hall–Kier alpha value is -0.940. The molecule has 0 aromatic carbocycles. The third-order valence-corrected chi connectivity index (χ3v) is 5.23. The maximum Gasteiger partial charge on any atom is 0.228 e. The van der Waals surface area contributed by atoms with Crippen molar-refractivity contribution in [3.63, 3.8) is 0 Å². The van der Waals surface area contributed by atoms with Crippen LogP contribution in [0.3, 0.4) is 0 Å². The van der Waals surface area contributed by atoms with E-state index in [0.29, 0.717) is 18.9 Å². The van der Waals surface area contributed by atoms with E-state index in [1.807, 2.05) is 6.92 Å². The highest BCUT2D eigenvalue weighted by atomic mass is 16.5. The molecule has 3 rings (SSSR count). The summed E-state index contributed by atoms with van der Waals surface area (Å²) >= 11 is 0. The zero-order valence-corrected chi connectivity index (χ0v) is 13.2. The second-order valence-electron chi connectivity index (χ2n) is 7.01. The van der Waals surface area contributed by atoms with Crippen LogP contribution in [0.25, 0.3) is 0 Å². The Kier molecular flexibility index (Phi) is 4.06. The topological polar surface area (TPSA) is 74.2 Å². The van der Waals surface area contributed by atoms with Gasteiger partial charge in [-0.25, -0.2) is 0 Å². The minimum absolute atomic E-state index is 0.121. The van der Waals surface area contributed by atoms with Crippen LogP contribution in [0.15, 0.2) is 4.52 Å². The first-order chi connectivity index (χ1) is 10.1. The van der Waals surface area contributed by atoms with Crippen molar-refractivity contribution < 1.29 is 9.26 Å². The van der Waals surface area contributed by atoms with Gasteiger partial charge in [0.05, 0.1) is 0 Å². The number of hydrogen-bond donors (Lipinski definition) is 1. The first-order valence-electron chi connectivity index (χ1n) is 8.31. The molecule has 21 heavy (non-hydrogen) atoms. The molecular formula is C16H27N3O2. The number of aromatic nitrogens is 2. The predicted octanol–water partition coefficient (Wildman–Crippen LogP) is 2.94. The van der Waals surface area contributed by atoms with E-state index in [4.69, 9.17) is 15.0 Å². The van der Waals surface area contributed by atoms with Gasteiger partial charge >= 0.3 is 0 Å². The van der Waals surface area contributed by atoms with Crippen LogP contribution in [0.4, 0.5) is 0 Å². The van der Waals surface area contributed by atoms with Gasteiger partial charge in [-0.2, -0.15) is 4.98 Å². The molecule has 5 nitrogen and oxygen atoms in total. The van der Waals surface area contributed by atoms with E-state index in [1.165, 1.54) is 6.42 Å². The van der Waals surface area contributed by atoms with Crippen molar-refractivity contribution in [3.05, 3.63) is 11.7 Å². The normalized spacial score (nSPS) is 31.9. The lowest BCUT2D eigenvalue weighted by Crippen LogP contribution is -2.48. The minimum Gasteiger partial charge on any atom is -0.367 e. The minimum atomic E-state index is -0.343. The van der Waals surface area contributed by atoms with Gasteiger partial charge in [0.2, 0.25) is 11.7 Å². The van der Waals surface area contributed by atoms with E-state index in [1.54, 1.807) is 0 Å². The molecule has 5 heteroatoms. The number of nitrogens with two attached hydrogens (primary N) is 1. The van der Waals surface area contributed by atoms with Gasteiger partial charge in [0.1, 0.15) is 5.60 Å². The Balaban J connectivity index is 1.75. The zero-order chi connectivity index (χ0) is 14.9. The highest BCUT2D eigenvalue weighted by Gasteiger charge is 2.42. The average Bonchev–Trinajstić information content (AvgIpc) is 2.89. The van der Waals surface area contributed by atoms with Crippen molar-refractivity contribution in [2.75, 3.05) is 6.61 Å². The zero-order valence-electron chi connectivity index (χ0n) is 13.2. The lowest BCUT2D eigenvalue weighted by Gasteiger charge is -2.37. The molecule has 1 aromatic rings. The van der Waals surface area contributed by atoms with Gasteiger partial charge in [-0.15, -0.1) is 0 Å². The molecule has 0 amide bonds. The maximum atomic E-state index is 6.27. The fraction of sp³-hybridized carbons (Fsp3) is 0.875. The van der Waals surface area contributed by atoms with Crippen LogP contribution in [-0.4, -0.2) is 22.3 Å². The molecule has 2 fully saturated rings. The molecule has 0 bridgehead atoms. The summed E-state index contributed by atoms with van der Waals surface area (Å²) in [5.41, 5.74) is 5.81. The molecule has 0 spiro atoms. The van der Waals surface area contributed by atoms with Crippen LogP contribution in [0.1, 0.15) is 70.5 Å². The molecule has 2 aliphatic rings. The van der Waals surface area contributed by atoms with Crippen LogP contribution in [0.5, 0.6) is 0 Å². The highest BCUT2D eigenvalue weighted by molar-refractivity contribution is 5.07. The van der Waals surface area contributed by atoms with Gasteiger partial charge in [-0.3, -0.25) is 0 Å². The molecule has 0 unspecified atom stereocenters. The van der Waals surface area contributed by atoms with Gasteiger partial charge in [0.15, 0.2) is 0 Å². The quantitative estimate of drug-likeness (QED) is 0.903. The molecule has 2 N–H and O–H groups in total. The van der Waals surface area contributed by atoms with E-state index in [-0.39, 0.29) is 11.1 Å². The van der Waals surface area contributed by atoms with Crippen LogP contribution in [0, 0.1) is 5.92 Å². The molecule has 0 atom stereocenters. The van der Waals surface area contributed by atoms with E-state index in [2.05, 4.69) is 17.1 Å². The SMILES string of the molecule is CCOC1(c2noc(CC3(N)CCC3)n2)CCC(C)CC1. The van der Waals surface area contributed by atoms with Crippen molar-refractivity contribution in [2.45, 2.75) is 76.4 Å². The Bertz CT molecular complexity index is 474. The summed E-state index contributed by atoms with van der Waals surface area (Å²) in [5, 5.41) is 4.23. The summed E-state index contributed by atoms with van der Waals surface area (Å²) in [5.74, 6) is 2.16. The Morgan fingerprint density at radius 3 is 2.57 bits per heavy atom. The van der Waals surface area contributed by atoms with Crippen LogP contribution in [-0.2, 0) is 16.8 Å². The third kappa shape index (κ3) is 2.99. The van der Waals surface area contributed by atoms with E-state index in [9.17, 15) is 0 Å². The smallest absolute Gasteiger partial charge is 0.228 e. The lowest BCUT2D eigenvalue weighted by molar-refractivity contribution is -0.0847. The van der Waals surface area contributed by atoms with Gasteiger partial charge in [-0.1, -0.05) is 12.1 Å². The number of hydrogen-bond acceptors (Lipinski definition) is 5. The molecule has 1 heterocycles. The Labute approximate surface area is 126 Å². The predicted molar refractivity (Wildman–Crippen MR) is 79.7 cm³/mol. The summed E-state index contributed by atoms with van der Waals surface area (Å²) in [7, 11) is 0. The Morgan fingerprint density at radius 1 is 1.29 bits per heavy atom. The molecule has 0 aliphatic heterocycles. The summed E-state index contributed by atoms with van der Waals surface area (Å²) < 4.78 is 11.5. The Morgan fingerprint density at radius 2 is 2.00 bits per heavy atom. The first kappa shape index (κ1) is 15.0. The highest BCUT2D eigenvalue weighted by Crippen LogP contribution is 2.41. The van der Waals surface area contributed by atoms with Gasteiger partial charge in [0.25, 0.3) is 0 Å². The maximum absolute atomic E-state index is 6.27. The monoisotopic (exact) mass is 293 g/mol. The average molecular weight is 293 g/mol. The summed E-state index contributed by atoms with van der Waals surface area (Å²) in [4.78, 5) is 4.63. The van der Waals surface area contributed by atoms with Crippen molar-refractivity contribution >= 4 is 0 Å². The summed E-state index contributed by atoms with van der Waals surface area (Å²) in [6.45, 7) is 5.01. The van der Waals surface area contributed by atoms with Crippen LogP contribution < -0.4 is 5.73 Å². The van der Waals surface area contributed by atoms with Gasteiger partial charge in [0, 0.05) is 18.6 Å². The molecule has 1 aromatic heterocycles. The second kappa shape index (κ2) is 5.69. The molecular weight excluding hydrogens is 266 g/mol. The largest absolute Gasteiger partial charge is 0.367 e. The second-order valence-corrected chi connectivity index (χ2v) is 7.01. The van der Waals surface area contributed by atoms with E-state index < -0.39 is 0 Å². The fourth-order valence-electron chi connectivity index (χ4n) is 3.56. The molecule has 2 aliphatic carbocycles. The summed E-state index contributed by atoms with van der Waals surface area (Å²) in [6.07, 6.45) is 8.29. The van der Waals surface area contributed by atoms with Crippen LogP contribution in [0.2, 0.25) is 0 Å². The fourth-order valence-corrected chi connectivity index (χ4v) is 3.56. The van der Waals surface area contributed by atoms with E-state index in [0.717, 1.165) is 50.3 Å². The van der Waals surface area contributed by atoms with Gasteiger partial charge in [-0.05, 0) is 57.8 Å². The molecule has 0 saturated heterocycles. The number of nitrogens with zero attached hydrogens (tertiary/aromatic N) is 2.